The molecule has 1 aromatic rings. The molecule has 1 aromatic heterocycles. The third-order valence-corrected chi connectivity index (χ3v) is 5.59. The molecule has 1 saturated heterocycles. The molecule has 1 aliphatic heterocycles. The largest absolute Gasteiger partial charge is 0.299 e. The molecule has 0 atom stereocenters. The first-order valence-electron chi connectivity index (χ1n) is 7.75. The van der Waals surface area contributed by atoms with Gasteiger partial charge in [-0.15, -0.1) is 0 Å². The summed E-state index contributed by atoms with van der Waals surface area (Å²) in [5, 5.41) is 0. The number of pyridine rings is 1. The highest BCUT2D eigenvalue weighted by atomic mass is 32.2. The van der Waals surface area contributed by atoms with Crippen LogP contribution >= 0.6 is 0 Å². The van der Waals surface area contributed by atoms with E-state index in [2.05, 4.69) is 34.5 Å². The van der Waals surface area contributed by atoms with Gasteiger partial charge in [0, 0.05) is 25.5 Å². The number of piperidine rings is 1. The average Bonchev–Trinajstić information content (AvgIpc) is 2.55. The second-order valence-electron chi connectivity index (χ2n) is 5.90. The maximum Gasteiger partial charge on any atom is 0.242 e. The van der Waals surface area contributed by atoms with Crippen molar-refractivity contribution in [1.82, 2.24) is 14.6 Å². The van der Waals surface area contributed by atoms with E-state index in [4.69, 9.17) is 0 Å². The highest BCUT2D eigenvalue weighted by molar-refractivity contribution is 7.89. The van der Waals surface area contributed by atoms with E-state index in [1.807, 2.05) is 0 Å². The summed E-state index contributed by atoms with van der Waals surface area (Å²) in [7, 11) is -3.43. The van der Waals surface area contributed by atoms with Crippen molar-refractivity contribution in [3.8, 4) is 0 Å². The van der Waals surface area contributed by atoms with Gasteiger partial charge in [-0.05, 0) is 57.8 Å². The van der Waals surface area contributed by atoms with Crippen molar-refractivity contribution in [2.75, 3.05) is 26.2 Å². The van der Waals surface area contributed by atoms with Crippen LogP contribution in [0.25, 0.3) is 0 Å². The van der Waals surface area contributed by atoms with Crippen molar-refractivity contribution in [1.29, 1.82) is 0 Å². The molecule has 0 amide bonds. The summed E-state index contributed by atoms with van der Waals surface area (Å²) >= 11 is 0. The molecule has 1 fully saturated rings. The summed E-state index contributed by atoms with van der Waals surface area (Å²) in [5.41, 5.74) is 1.38. The van der Waals surface area contributed by atoms with Gasteiger partial charge < -0.3 is 0 Å². The highest BCUT2D eigenvalue weighted by Crippen LogP contribution is 2.18. The first kappa shape index (κ1) is 17.1. The van der Waals surface area contributed by atoms with Crippen LogP contribution in [-0.4, -0.2) is 44.5 Å². The van der Waals surface area contributed by atoms with Crippen LogP contribution in [0.2, 0.25) is 0 Å². The lowest BCUT2D eigenvalue weighted by molar-refractivity contribution is 0.198. The summed E-state index contributed by atoms with van der Waals surface area (Å²) in [4.78, 5) is 6.52. The summed E-state index contributed by atoms with van der Waals surface area (Å²) in [6.45, 7) is 7.80. The zero-order valence-electron chi connectivity index (χ0n) is 13.3. The smallest absolute Gasteiger partial charge is 0.242 e. The minimum absolute atomic E-state index is 0.233. The lowest BCUT2D eigenvalue weighted by Gasteiger charge is -2.32. The quantitative estimate of drug-likeness (QED) is 0.814. The van der Waals surface area contributed by atoms with E-state index < -0.39 is 10.0 Å². The van der Waals surface area contributed by atoms with Gasteiger partial charge in [0.25, 0.3) is 0 Å². The zero-order valence-corrected chi connectivity index (χ0v) is 14.1. The predicted octanol–water partition coefficient (Wildman–Crippen LogP) is 2.04. The number of nitrogens with one attached hydrogen (secondary N) is 1. The number of nitrogens with zero attached hydrogens (tertiary/aromatic N) is 2. The molecule has 2 heterocycles. The summed E-state index contributed by atoms with van der Waals surface area (Å²) < 4.78 is 27.0. The van der Waals surface area contributed by atoms with Crippen LogP contribution in [0.5, 0.6) is 0 Å². The predicted molar refractivity (Wildman–Crippen MR) is 88.0 cm³/mol. The molecule has 22 heavy (non-hydrogen) atoms. The Labute approximate surface area is 133 Å². The van der Waals surface area contributed by atoms with E-state index in [0.29, 0.717) is 12.5 Å². The molecule has 6 heteroatoms. The summed E-state index contributed by atoms with van der Waals surface area (Å²) in [6, 6.07) is 3.20. The molecular weight excluding hydrogens is 298 g/mol. The minimum atomic E-state index is -3.43. The Kier molecular flexibility index (Phi) is 6.11. The molecule has 0 unspecified atom stereocenters. The van der Waals surface area contributed by atoms with Crippen molar-refractivity contribution >= 4 is 10.0 Å². The summed E-state index contributed by atoms with van der Waals surface area (Å²) in [5.74, 6) is 0.411. The Bertz CT molecular complexity index is 591. The topological polar surface area (TPSA) is 62.3 Å². The van der Waals surface area contributed by atoms with Crippen molar-refractivity contribution in [2.45, 2.75) is 31.6 Å². The Balaban J connectivity index is 1.80. The number of likely N-dealkylation sites (tertiary alicyclic amines) is 1. The number of sulfonamides is 1. The average molecular weight is 323 g/mol. The molecule has 1 N–H and O–H groups in total. The van der Waals surface area contributed by atoms with Gasteiger partial charge in [0.1, 0.15) is 4.90 Å². The first-order valence-corrected chi connectivity index (χ1v) is 9.23. The highest BCUT2D eigenvalue weighted by Gasteiger charge is 2.21. The van der Waals surface area contributed by atoms with Gasteiger partial charge in [-0.3, -0.25) is 9.88 Å². The fourth-order valence-corrected chi connectivity index (χ4v) is 3.69. The molecule has 0 radical (unpaired) electrons. The molecule has 0 saturated carbocycles. The second-order valence-corrected chi connectivity index (χ2v) is 7.66. The van der Waals surface area contributed by atoms with Gasteiger partial charge in [0.2, 0.25) is 10.0 Å². The van der Waals surface area contributed by atoms with Gasteiger partial charge in [-0.1, -0.05) is 11.6 Å². The Morgan fingerprint density at radius 3 is 2.77 bits per heavy atom. The molecule has 0 aromatic carbocycles. The number of aromatic nitrogens is 1. The molecular formula is C16H25N3O2S. The lowest BCUT2D eigenvalue weighted by Crippen LogP contribution is -2.39. The van der Waals surface area contributed by atoms with E-state index >= 15 is 0 Å². The van der Waals surface area contributed by atoms with Gasteiger partial charge in [0.15, 0.2) is 0 Å². The normalized spacial score (nSPS) is 18.5. The first-order chi connectivity index (χ1) is 10.5. The van der Waals surface area contributed by atoms with Gasteiger partial charge in [-0.25, -0.2) is 13.1 Å². The number of allylic oxidation sites excluding steroid dienone is 1. The van der Waals surface area contributed by atoms with E-state index in [1.54, 1.807) is 18.3 Å². The molecule has 2 rings (SSSR count). The fraction of sp³-hybridized carbons (Fsp3) is 0.562. The molecule has 0 spiro atoms. The second kappa shape index (κ2) is 7.85. The van der Waals surface area contributed by atoms with Crippen molar-refractivity contribution in [3.63, 3.8) is 0 Å². The van der Waals surface area contributed by atoms with E-state index in [0.717, 1.165) is 32.5 Å². The van der Waals surface area contributed by atoms with Crippen molar-refractivity contribution < 1.29 is 8.42 Å². The van der Waals surface area contributed by atoms with Crippen molar-refractivity contribution in [3.05, 3.63) is 36.2 Å². The van der Waals surface area contributed by atoms with E-state index in [-0.39, 0.29) is 4.90 Å². The number of hydrogen-bond acceptors (Lipinski definition) is 4. The third kappa shape index (κ3) is 4.90. The van der Waals surface area contributed by atoms with Crippen molar-refractivity contribution in [2.24, 2.45) is 5.92 Å². The minimum Gasteiger partial charge on any atom is -0.299 e. The molecule has 0 bridgehead atoms. The Hall–Kier alpha value is -1.24. The van der Waals surface area contributed by atoms with Gasteiger partial charge in [0.05, 0.1) is 0 Å². The molecule has 0 aliphatic carbocycles. The summed E-state index contributed by atoms with van der Waals surface area (Å²) in [6.07, 6.45) is 7.17. The third-order valence-electron chi connectivity index (χ3n) is 4.18. The van der Waals surface area contributed by atoms with Crippen LogP contribution in [0.15, 0.2) is 41.1 Å². The molecule has 5 nitrogen and oxygen atoms in total. The molecule has 1 aliphatic rings. The fourth-order valence-electron chi connectivity index (χ4n) is 2.61. The van der Waals surface area contributed by atoms with Crippen LogP contribution in [0.3, 0.4) is 0 Å². The lowest BCUT2D eigenvalue weighted by atomic mass is 9.97. The zero-order chi connectivity index (χ0) is 16.0. The SMILES string of the molecule is CC=C(C)CN1CCC(CNS(=O)(=O)c2cccnc2)CC1. The van der Waals surface area contributed by atoms with E-state index in [1.165, 1.54) is 11.8 Å². The maximum atomic E-state index is 12.2. The van der Waals surface area contributed by atoms with Crippen LogP contribution in [0.4, 0.5) is 0 Å². The number of hydrogen-bond donors (Lipinski definition) is 1. The van der Waals surface area contributed by atoms with Crippen LogP contribution < -0.4 is 4.72 Å². The Morgan fingerprint density at radius 2 is 2.18 bits per heavy atom. The maximum absolute atomic E-state index is 12.2. The van der Waals surface area contributed by atoms with Crippen LogP contribution in [0, 0.1) is 5.92 Å². The Morgan fingerprint density at radius 1 is 1.45 bits per heavy atom. The monoisotopic (exact) mass is 323 g/mol. The van der Waals surface area contributed by atoms with Gasteiger partial charge in [-0.2, -0.15) is 0 Å². The van der Waals surface area contributed by atoms with E-state index in [9.17, 15) is 8.42 Å². The van der Waals surface area contributed by atoms with Crippen LogP contribution in [-0.2, 0) is 10.0 Å². The number of rotatable bonds is 6. The van der Waals surface area contributed by atoms with Crippen LogP contribution in [0.1, 0.15) is 26.7 Å². The van der Waals surface area contributed by atoms with Gasteiger partial charge >= 0.3 is 0 Å². The standard InChI is InChI=1S/C16H25N3O2S/c1-3-14(2)13-19-9-6-15(7-10-19)11-18-22(20,21)16-5-4-8-17-12-16/h3-5,8,12,15,18H,6-7,9-11,13H2,1-2H3. The molecule has 122 valence electrons.